The number of aromatic nitrogens is 4. The van der Waals surface area contributed by atoms with Crippen LogP contribution in [-0.2, 0) is 5.54 Å². The van der Waals surface area contributed by atoms with Crippen molar-refractivity contribution in [2.24, 2.45) is 5.92 Å². The van der Waals surface area contributed by atoms with Gasteiger partial charge in [0.1, 0.15) is 17.2 Å². The van der Waals surface area contributed by atoms with E-state index in [9.17, 15) is 4.79 Å². The Morgan fingerprint density at radius 2 is 1.92 bits per heavy atom. The maximum absolute atomic E-state index is 12.7. The summed E-state index contributed by atoms with van der Waals surface area (Å²) in [6.45, 7) is 9.76. The predicted octanol–water partition coefficient (Wildman–Crippen LogP) is 4.28. The quantitative estimate of drug-likeness (QED) is 0.525. The van der Waals surface area contributed by atoms with Gasteiger partial charge in [0.25, 0.3) is 5.91 Å². The maximum atomic E-state index is 12.7. The Morgan fingerprint density at radius 3 is 2.66 bits per heavy atom. The van der Waals surface area contributed by atoms with E-state index in [-0.39, 0.29) is 17.0 Å². The van der Waals surface area contributed by atoms with E-state index in [4.69, 9.17) is 9.97 Å². The highest BCUT2D eigenvalue weighted by atomic mass is 16.2. The third kappa shape index (κ3) is 4.21. The number of nitrogens with one attached hydrogen (secondary N) is 2. The van der Waals surface area contributed by atoms with Crippen LogP contribution < -0.4 is 15.5 Å². The molecule has 3 fully saturated rings. The number of pyridine rings is 1. The topological polar surface area (TPSA) is 91.2 Å². The van der Waals surface area contributed by atoms with Crippen LogP contribution in [0.1, 0.15) is 69.3 Å². The molecule has 3 aromatic rings. The lowest BCUT2D eigenvalue weighted by Crippen LogP contribution is -2.59. The zero-order valence-electron chi connectivity index (χ0n) is 22.5. The van der Waals surface area contributed by atoms with Crippen molar-refractivity contribution in [3.63, 3.8) is 0 Å². The Hall–Kier alpha value is -3.20. The number of hydrogen-bond donors (Lipinski definition) is 2. The largest absolute Gasteiger partial charge is 0.367 e. The number of rotatable bonds is 5. The molecule has 2 aliphatic heterocycles. The van der Waals surface area contributed by atoms with Crippen LogP contribution in [0, 0.1) is 5.92 Å². The lowest BCUT2D eigenvalue weighted by molar-refractivity contribution is 0.0833. The summed E-state index contributed by atoms with van der Waals surface area (Å²) in [6.07, 6.45) is 12.3. The molecule has 38 heavy (non-hydrogen) atoms. The number of anilines is 3. The van der Waals surface area contributed by atoms with Crippen LogP contribution in [0.3, 0.4) is 0 Å². The SMILES string of the molecule is CC1(C)CN(c2ccc(Nc3ncc4cc5n(c4n3)C3(CCCCC3)CNC5=O)nc2)CCN1CC1CC1. The van der Waals surface area contributed by atoms with Crippen LogP contribution in [-0.4, -0.2) is 68.6 Å². The summed E-state index contributed by atoms with van der Waals surface area (Å²) in [6, 6.07) is 6.08. The van der Waals surface area contributed by atoms with Gasteiger partial charge in [-0.25, -0.2) is 9.97 Å². The maximum Gasteiger partial charge on any atom is 0.268 e. The molecule has 0 radical (unpaired) electrons. The van der Waals surface area contributed by atoms with Gasteiger partial charge in [0, 0.05) is 49.8 Å². The van der Waals surface area contributed by atoms with Crippen molar-refractivity contribution >= 4 is 34.4 Å². The molecule has 9 nitrogen and oxygen atoms in total. The molecule has 7 rings (SSSR count). The third-order valence-electron chi connectivity index (χ3n) is 9.21. The molecule has 0 atom stereocenters. The molecule has 0 bridgehead atoms. The summed E-state index contributed by atoms with van der Waals surface area (Å²) in [5.41, 5.74) is 2.74. The number of piperazine rings is 1. The number of amides is 1. The predicted molar refractivity (Wildman–Crippen MR) is 149 cm³/mol. The summed E-state index contributed by atoms with van der Waals surface area (Å²) in [4.78, 5) is 32.0. The Morgan fingerprint density at radius 1 is 1.08 bits per heavy atom. The molecule has 3 aromatic heterocycles. The minimum absolute atomic E-state index is 0.0255. The van der Waals surface area contributed by atoms with Crippen molar-refractivity contribution in [3.05, 3.63) is 36.3 Å². The average Bonchev–Trinajstić information content (AvgIpc) is 3.65. The van der Waals surface area contributed by atoms with Gasteiger partial charge in [-0.05, 0) is 63.6 Å². The van der Waals surface area contributed by atoms with Crippen molar-refractivity contribution in [3.8, 4) is 0 Å². The molecule has 2 aliphatic carbocycles. The van der Waals surface area contributed by atoms with Gasteiger partial charge in [0.15, 0.2) is 0 Å². The van der Waals surface area contributed by atoms with Crippen LogP contribution >= 0.6 is 0 Å². The first-order valence-electron chi connectivity index (χ1n) is 14.3. The van der Waals surface area contributed by atoms with Gasteiger partial charge in [0.05, 0.1) is 17.4 Å². The average molecular weight is 515 g/mol. The van der Waals surface area contributed by atoms with Crippen LogP contribution in [0.2, 0.25) is 0 Å². The number of fused-ring (bicyclic) bond motifs is 4. The van der Waals surface area contributed by atoms with Gasteiger partial charge in [-0.3, -0.25) is 9.69 Å². The molecule has 9 heteroatoms. The van der Waals surface area contributed by atoms with E-state index in [1.807, 2.05) is 24.5 Å². The summed E-state index contributed by atoms with van der Waals surface area (Å²) in [5, 5.41) is 7.33. The van der Waals surface area contributed by atoms with Crippen LogP contribution in [0.4, 0.5) is 17.5 Å². The first-order valence-corrected chi connectivity index (χ1v) is 14.3. The standard InChI is InChI=1S/C29H38N8O/c1-28(2)19-35(12-13-36(28)17-20-6-7-20)22-8-9-24(30-16-22)33-27-31-15-21-14-23-26(38)32-18-29(10-4-3-5-11-29)37(23)25(21)34-27/h8-9,14-16,20H,3-7,10-13,17-19H2,1-2H3,(H,32,38)(H,30,31,33,34). The van der Waals surface area contributed by atoms with E-state index < -0.39 is 0 Å². The first kappa shape index (κ1) is 23.9. The highest BCUT2D eigenvalue weighted by Crippen LogP contribution is 2.40. The summed E-state index contributed by atoms with van der Waals surface area (Å²) in [5.74, 6) is 2.11. The fourth-order valence-corrected chi connectivity index (χ4v) is 6.84. The summed E-state index contributed by atoms with van der Waals surface area (Å²) < 4.78 is 2.20. The van der Waals surface area contributed by atoms with Gasteiger partial charge in [-0.15, -0.1) is 0 Å². The molecular formula is C29H38N8O. The molecular weight excluding hydrogens is 476 g/mol. The van der Waals surface area contributed by atoms with E-state index in [0.29, 0.717) is 18.2 Å². The van der Waals surface area contributed by atoms with E-state index in [1.54, 1.807) is 0 Å². The Labute approximate surface area is 224 Å². The molecule has 2 N–H and O–H groups in total. The number of carbonyl (C=O) groups excluding carboxylic acids is 1. The smallest absolute Gasteiger partial charge is 0.268 e. The van der Waals surface area contributed by atoms with Crippen LogP contribution in [0.5, 0.6) is 0 Å². The second-order valence-electron chi connectivity index (χ2n) is 12.5. The highest BCUT2D eigenvalue weighted by Gasteiger charge is 2.41. The molecule has 1 saturated heterocycles. The van der Waals surface area contributed by atoms with Crippen molar-refractivity contribution in [1.82, 2.24) is 29.7 Å². The fourth-order valence-electron chi connectivity index (χ4n) is 6.84. The summed E-state index contributed by atoms with van der Waals surface area (Å²) in [7, 11) is 0. The normalized spacial score (nSPS) is 22.9. The second kappa shape index (κ2) is 8.93. The zero-order valence-corrected chi connectivity index (χ0v) is 22.5. The highest BCUT2D eigenvalue weighted by molar-refractivity contribution is 5.99. The Kier molecular flexibility index (Phi) is 5.61. The van der Waals surface area contributed by atoms with E-state index in [2.05, 4.69) is 49.9 Å². The minimum Gasteiger partial charge on any atom is -0.367 e. The van der Waals surface area contributed by atoms with Gasteiger partial charge in [0.2, 0.25) is 5.95 Å². The number of hydrogen-bond acceptors (Lipinski definition) is 7. The molecule has 5 heterocycles. The number of carbonyl (C=O) groups is 1. The lowest BCUT2D eigenvalue weighted by atomic mass is 9.80. The van der Waals surface area contributed by atoms with Gasteiger partial charge < -0.3 is 20.1 Å². The van der Waals surface area contributed by atoms with Crippen molar-refractivity contribution < 1.29 is 4.79 Å². The molecule has 1 amide bonds. The summed E-state index contributed by atoms with van der Waals surface area (Å²) >= 11 is 0. The van der Waals surface area contributed by atoms with Crippen LogP contribution in [0.25, 0.3) is 11.0 Å². The van der Waals surface area contributed by atoms with E-state index in [0.717, 1.165) is 60.9 Å². The molecule has 1 spiro atoms. The molecule has 0 aromatic carbocycles. The van der Waals surface area contributed by atoms with Crippen LogP contribution in [0.15, 0.2) is 30.6 Å². The van der Waals surface area contributed by atoms with Crippen molar-refractivity contribution in [2.75, 3.05) is 42.9 Å². The zero-order chi connectivity index (χ0) is 25.9. The molecule has 2 saturated carbocycles. The van der Waals surface area contributed by atoms with Crippen molar-refractivity contribution in [1.29, 1.82) is 0 Å². The second-order valence-corrected chi connectivity index (χ2v) is 12.5. The molecule has 200 valence electrons. The molecule has 0 unspecified atom stereocenters. The van der Waals surface area contributed by atoms with Gasteiger partial charge >= 0.3 is 0 Å². The number of nitrogens with zero attached hydrogens (tertiary/aromatic N) is 6. The van der Waals surface area contributed by atoms with E-state index >= 15 is 0 Å². The lowest BCUT2D eigenvalue weighted by Gasteiger charge is -2.48. The minimum atomic E-state index is -0.0920. The van der Waals surface area contributed by atoms with Gasteiger partial charge in [-0.1, -0.05) is 19.3 Å². The monoisotopic (exact) mass is 514 g/mol. The first-order chi connectivity index (χ1) is 18.4. The third-order valence-corrected chi connectivity index (χ3v) is 9.21. The van der Waals surface area contributed by atoms with E-state index in [1.165, 1.54) is 38.6 Å². The van der Waals surface area contributed by atoms with Crippen molar-refractivity contribution in [2.45, 2.75) is 69.9 Å². The fraction of sp³-hybridized carbons (Fsp3) is 0.586. The Balaban J connectivity index is 1.10. The van der Waals surface area contributed by atoms with Gasteiger partial charge in [-0.2, -0.15) is 4.98 Å². The molecule has 4 aliphatic rings. The Bertz CT molecular complexity index is 1350.